The molecule has 0 saturated carbocycles. The number of sulfonamides is 1. The minimum absolute atomic E-state index is 0.0199. The van der Waals surface area contributed by atoms with Gasteiger partial charge in [-0.15, -0.1) is 0 Å². The minimum Gasteiger partial charge on any atom is -0.455 e. The number of benzene rings is 2. The first kappa shape index (κ1) is 21.8. The maximum absolute atomic E-state index is 12.7. The molecule has 0 bridgehead atoms. The van der Waals surface area contributed by atoms with E-state index in [2.05, 4.69) is 5.32 Å². The number of aryl methyl sites for hydroxylation is 4. The summed E-state index contributed by atoms with van der Waals surface area (Å²) in [7, 11) is -2.17. The van der Waals surface area contributed by atoms with E-state index in [0.717, 1.165) is 27.9 Å². The van der Waals surface area contributed by atoms with Crippen molar-refractivity contribution in [2.45, 2.75) is 39.1 Å². The number of carbonyl (C=O) groups excluding carboxylic acids is 1. The summed E-state index contributed by atoms with van der Waals surface area (Å²) in [6, 6.07) is 13.8. The van der Waals surface area contributed by atoms with Gasteiger partial charge in [-0.1, -0.05) is 35.4 Å². The zero-order valence-electron chi connectivity index (χ0n) is 17.8. The van der Waals surface area contributed by atoms with Gasteiger partial charge in [0, 0.05) is 12.7 Å². The normalized spacial score (nSPS) is 11.7. The van der Waals surface area contributed by atoms with Crippen LogP contribution in [0, 0.1) is 27.7 Å². The van der Waals surface area contributed by atoms with Crippen LogP contribution in [0.15, 0.2) is 57.8 Å². The van der Waals surface area contributed by atoms with Crippen molar-refractivity contribution < 1.29 is 17.6 Å². The summed E-state index contributed by atoms with van der Waals surface area (Å²) in [5.41, 5.74) is 4.80. The SMILES string of the molecule is Cc1ccc(S(=O)(=O)N(C)Cc2ccc(C(=O)Nc3c(C)cc(C)cc3C)o2)cc1. The summed E-state index contributed by atoms with van der Waals surface area (Å²) >= 11 is 0. The van der Waals surface area contributed by atoms with Gasteiger partial charge in [0.1, 0.15) is 5.76 Å². The van der Waals surface area contributed by atoms with Gasteiger partial charge >= 0.3 is 0 Å². The van der Waals surface area contributed by atoms with E-state index in [1.54, 1.807) is 36.4 Å². The third-order valence-corrected chi connectivity index (χ3v) is 6.73. The van der Waals surface area contributed by atoms with Crippen LogP contribution in [-0.4, -0.2) is 25.7 Å². The molecule has 7 heteroatoms. The van der Waals surface area contributed by atoms with Crippen molar-refractivity contribution in [1.82, 2.24) is 4.31 Å². The van der Waals surface area contributed by atoms with E-state index in [1.165, 1.54) is 11.4 Å². The summed E-state index contributed by atoms with van der Waals surface area (Å²) in [4.78, 5) is 12.8. The summed E-state index contributed by atoms with van der Waals surface area (Å²) < 4.78 is 32.3. The standard InChI is InChI=1S/C23H26N2O4S/c1-15-6-9-20(10-7-15)30(27,28)25(5)14-19-8-11-21(29-19)23(26)24-22-17(3)12-16(2)13-18(22)4/h6-13H,14H2,1-5H3,(H,24,26). The van der Waals surface area contributed by atoms with Crippen molar-refractivity contribution in [1.29, 1.82) is 0 Å². The fraction of sp³-hybridized carbons (Fsp3) is 0.261. The molecule has 0 fully saturated rings. The van der Waals surface area contributed by atoms with E-state index in [4.69, 9.17) is 4.42 Å². The van der Waals surface area contributed by atoms with Gasteiger partial charge in [-0.2, -0.15) is 4.31 Å². The van der Waals surface area contributed by atoms with E-state index < -0.39 is 10.0 Å². The molecule has 30 heavy (non-hydrogen) atoms. The van der Waals surface area contributed by atoms with Crippen molar-refractivity contribution in [3.8, 4) is 0 Å². The zero-order chi connectivity index (χ0) is 22.1. The number of anilines is 1. The van der Waals surface area contributed by atoms with Crippen molar-refractivity contribution in [2.75, 3.05) is 12.4 Å². The number of rotatable bonds is 6. The molecule has 0 spiro atoms. The molecule has 0 aliphatic heterocycles. The number of hydrogen-bond donors (Lipinski definition) is 1. The maximum Gasteiger partial charge on any atom is 0.291 e. The van der Waals surface area contributed by atoms with Crippen LogP contribution in [0.4, 0.5) is 5.69 Å². The molecule has 158 valence electrons. The molecule has 6 nitrogen and oxygen atoms in total. The third kappa shape index (κ3) is 4.63. The van der Waals surface area contributed by atoms with Crippen LogP contribution >= 0.6 is 0 Å². The van der Waals surface area contributed by atoms with Gasteiger partial charge in [-0.05, 0) is 63.1 Å². The lowest BCUT2D eigenvalue weighted by Gasteiger charge is -2.16. The highest BCUT2D eigenvalue weighted by Gasteiger charge is 2.22. The Balaban J connectivity index is 1.73. The summed E-state index contributed by atoms with van der Waals surface area (Å²) in [6.45, 7) is 7.80. The predicted molar refractivity (Wildman–Crippen MR) is 117 cm³/mol. The molecule has 1 heterocycles. The van der Waals surface area contributed by atoms with Crippen molar-refractivity contribution in [3.63, 3.8) is 0 Å². The summed E-state index contributed by atoms with van der Waals surface area (Å²) in [5.74, 6) is 0.140. The van der Waals surface area contributed by atoms with Gasteiger partial charge in [-0.25, -0.2) is 8.42 Å². The van der Waals surface area contributed by atoms with Gasteiger partial charge in [0.15, 0.2) is 5.76 Å². The number of nitrogens with one attached hydrogen (secondary N) is 1. The average molecular weight is 427 g/mol. The molecule has 0 radical (unpaired) electrons. The molecule has 0 atom stereocenters. The molecule has 1 N–H and O–H groups in total. The van der Waals surface area contributed by atoms with Crippen LogP contribution < -0.4 is 5.32 Å². The minimum atomic E-state index is -3.66. The Morgan fingerprint density at radius 2 is 1.53 bits per heavy atom. The van der Waals surface area contributed by atoms with E-state index in [1.807, 2.05) is 39.8 Å². The number of furan rings is 1. The lowest BCUT2D eigenvalue weighted by molar-refractivity contribution is 0.0994. The van der Waals surface area contributed by atoms with Crippen molar-refractivity contribution in [3.05, 3.63) is 82.3 Å². The van der Waals surface area contributed by atoms with E-state index in [-0.39, 0.29) is 23.1 Å². The van der Waals surface area contributed by atoms with Crippen LogP contribution in [0.25, 0.3) is 0 Å². The first-order chi connectivity index (χ1) is 14.1. The molecule has 0 saturated heterocycles. The molecule has 1 amide bonds. The number of hydrogen-bond acceptors (Lipinski definition) is 4. The lowest BCUT2D eigenvalue weighted by atomic mass is 10.1. The predicted octanol–water partition coefficient (Wildman–Crippen LogP) is 4.59. The second-order valence-electron chi connectivity index (χ2n) is 7.57. The Morgan fingerprint density at radius 1 is 0.933 bits per heavy atom. The third-order valence-electron chi connectivity index (χ3n) is 4.91. The van der Waals surface area contributed by atoms with Crippen LogP contribution in [0.5, 0.6) is 0 Å². The zero-order valence-corrected chi connectivity index (χ0v) is 18.6. The fourth-order valence-electron chi connectivity index (χ4n) is 3.33. The van der Waals surface area contributed by atoms with E-state index >= 15 is 0 Å². The highest BCUT2D eigenvalue weighted by Crippen LogP contribution is 2.23. The molecule has 3 aromatic rings. The maximum atomic E-state index is 12.7. The Bertz CT molecular complexity index is 1160. The Morgan fingerprint density at radius 3 is 2.13 bits per heavy atom. The first-order valence-electron chi connectivity index (χ1n) is 9.59. The molecule has 3 rings (SSSR count). The Kier molecular flexibility index (Phi) is 6.14. The Labute approximate surface area is 177 Å². The van der Waals surface area contributed by atoms with Crippen LogP contribution in [0.1, 0.15) is 38.6 Å². The van der Waals surface area contributed by atoms with Crippen molar-refractivity contribution >= 4 is 21.6 Å². The lowest BCUT2D eigenvalue weighted by Crippen LogP contribution is -2.26. The quantitative estimate of drug-likeness (QED) is 0.625. The highest BCUT2D eigenvalue weighted by molar-refractivity contribution is 7.89. The van der Waals surface area contributed by atoms with E-state index in [0.29, 0.717) is 5.76 Å². The number of nitrogens with zero attached hydrogens (tertiary/aromatic N) is 1. The van der Waals surface area contributed by atoms with Gasteiger partial charge in [0.2, 0.25) is 10.0 Å². The summed E-state index contributed by atoms with van der Waals surface area (Å²) in [6.07, 6.45) is 0. The average Bonchev–Trinajstić information content (AvgIpc) is 3.13. The molecule has 2 aromatic carbocycles. The van der Waals surface area contributed by atoms with Crippen LogP contribution in [0.2, 0.25) is 0 Å². The molecule has 1 aromatic heterocycles. The van der Waals surface area contributed by atoms with E-state index in [9.17, 15) is 13.2 Å². The number of amides is 1. The molecule has 0 unspecified atom stereocenters. The number of carbonyl (C=O) groups is 1. The van der Waals surface area contributed by atoms with Crippen LogP contribution in [0.3, 0.4) is 0 Å². The first-order valence-corrected chi connectivity index (χ1v) is 11.0. The smallest absolute Gasteiger partial charge is 0.291 e. The molecule has 0 aliphatic rings. The Hall–Kier alpha value is -2.90. The largest absolute Gasteiger partial charge is 0.455 e. The molecule has 0 aliphatic carbocycles. The molecular weight excluding hydrogens is 400 g/mol. The van der Waals surface area contributed by atoms with Crippen LogP contribution in [-0.2, 0) is 16.6 Å². The molecular formula is C23H26N2O4S. The van der Waals surface area contributed by atoms with Gasteiger partial charge < -0.3 is 9.73 Å². The fourth-order valence-corrected chi connectivity index (χ4v) is 4.47. The van der Waals surface area contributed by atoms with Crippen molar-refractivity contribution in [2.24, 2.45) is 0 Å². The highest BCUT2D eigenvalue weighted by atomic mass is 32.2. The monoisotopic (exact) mass is 426 g/mol. The van der Waals surface area contributed by atoms with Gasteiger partial charge in [0.25, 0.3) is 5.91 Å². The summed E-state index contributed by atoms with van der Waals surface area (Å²) in [5, 5.41) is 2.89. The topological polar surface area (TPSA) is 79.6 Å². The second-order valence-corrected chi connectivity index (χ2v) is 9.61. The second kappa shape index (κ2) is 8.45. The van der Waals surface area contributed by atoms with Gasteiger partial charge in [-0.3, -0.25) is 4.79 Å². The van der Waals surface area contributed by atoms with Gasteiger partial charge in [0.05, 0.1) is 11.4 Å².